The van der Waals surface area contributed by atoms with Gasteiger partial charge in [0.25, 0.3) is 0 Å². The van der Waals surface area contributed by atoms with Crippen molar-refractivity contribution in [2.75, 3.05) is 0 Å². The van der Waals surface area contributed by atoms with Crippen LogP contribution in [0.1, 0.15) is 119 Å². The van der Waals surface area contributed by atoms with Crippen LogP contribution in [0.4, 0.5) is 0 Å². The van der Waals surface area contributed by atoms with Gasteiger partial charge >= 0.3 is 0 Å². The van der Waals surface area contributed by atoms with E-state index in [-0.39, 0.29) is 0 Å². The average molecular weight is 387 g/mol. The molecule has 0 amide bonds. The van der Waals surface area contributed by atoms with E-state index in [1.165, 1.54) is 32.1 Å². The van der Waals surface area contributed by atoms with E-state index >= 15 is 0 Å². The van der Waals surface area contributed by atoms with Gasteiger partial charge in [0.1, 0.15) is 0 Å². The molecule has 4 aliphatic carbocycles. The molecule has 28 heavy (non-hydrogen) atoms. The molecule has 0 nitrogen and oxygen atoms in total. The highest BCUT2D eigenvalue weighted by atomic mass is 14.6. The zero-order chi connectivity index (χ0) is 20.1. The van der Waals surface area contributed by atoms with E-state index in [2.05, 4.69) is 41.5 Å². The van der Waals surface area contributed by atoms with Crippen LogP contribution < -0.4 is 0 Å². The quantitative estimate of drug-likeness (QED) is 0.443. The third-order valence-electron chi connectivity index (χ3n) is 11.1. The summed E-state index contributed by atoms with van der Waals surface area (Å²) in [5, 5.41) is 0. The molecular formula is C28H50. The van der Waals surface area contributed by atoms with Crippen LogP contribution in [0.15, 0.2) is 0 Å². The molecule has 0 radical (unpaired) electrons. The first kappa shape index (κ1) is 21.2. The zero-order valence-electron chi connectivity index (χ0n) is 20.1. The Morgan fingerprint density at radius 2 is 1.50 bits per heavy atom. The molecule has 1 unspecified atom stereocenters. The first-order valence-electron chi connectivity index (χ1n) is 13.3. The van der Waals surface area contributed by atoms with Crippen molar-refractivity contribution in [3.63, 3.8) is 0 Å². The molecule has 4 saturated carbocycles. The van der Waals surface area contributed by atoms with Gasteiger partial charge in [-0.1, -0.05) is 67.2 Å². The van der Waals surface area contributed by atoms with Gasteiger partial charge in [0.05, 0.1) is 0 Å². The van der Waals surface area contributed by atoms with Crippen molar-refractivity contribution in [3.05, 3.63) is 0 Å². The molecule has 0 heterocycles. The molecule has 0 heteroatoms. The van der Waals surface area contributed by atoms with Gasteiger partial charge in [0, 0.05) is 0 Å². The first-order valence-corrected chi connectivity index (χ1v) is 13.3. The minimum atomic E-state index is 0.670. The van der Waals surface area contributed by atoms with Gasteiger partial charge in [0.2, 0.25) is 0 Å². The number of fused-ring (bicyclic) bond motifs is 5. The smallest absolute Gasteiger partial charge is 0.0264 e. The summed E-state index contributed by atoms with van der Waals surface area (Å²) >= 11 is 0. The summed E-state index contributed by atoms with van der Waals surface area (Å²) in [4.78, 5) is 0. The van der Waals surface area contributed by atoms with Gasteiger partial charge in [-0.25, -0.2) is 0 Å². The molecule has 162 valence electrons. The molecule has 4 fully saturated rings. The largest absolute Gasteiger partial charge is 0.0628 e. The SMILES string of the molecule is CC(C)CCC[C@@H](C)[C@H]1CC[C@H]2[C@@H]3CC[C@H]4CC(C)CC[C@]4(C)[C@H]3CC[C@]12C. The van der Waals surface area contributed by atoms with Gasteiger partial charge < -0.3 is 0 Å². The second kappa shape index (κ2) is 7.92. The minimum absolute atomic E-state index is 0.670. The lowest BCUT2D eigenvalue weighted by Crippen LogP contribution is -2.53. The van der Waals surface area contributed by atoms with E-state index in [0.29, 0.717) is 10.8 Å². The standard InChI is InChI=1S/C28H50/c1-19(2)8-7-9-21(4)24-12-13-25-23-11-10-22-18-20(3)14-16-27(22,5)26(23)15-17-28(24,25)6/h19-26H,7-18H2,1-6H3/t20?,21-,22+,23+,24-,25+,26+,27+,28-/m1/s1. The van der Waals surface area contributed by atoms with Gasteiger partial charge in [-0.3, -0.25) is 0 Å². The molecule has 0 aromatic rings. The van der Waals surface area contributed by atoms with Crippen LogP contribution in [0.25, 0.3) is 0 Å². The monoisotopic (exact) mass is 386 g/mol. The Kier molecular flexibility index (Phi) is 6.01. The van der Waals surface area contributed by atoms with Crippen LogP contribution in [-0.4, -0.2) is 0 Å². The molecular weight excluding hydrogens is 336 g/mol. The Balaban J connectivity index is 1.46. The molecule has 0 aliphatic heterocycles. The van der Waals surface area contributed by atoms with E-state index in [1.807, 2.05) is 0 Å². The molecule has 0 saturated heterocycles. The molecule has 0 spiro atoms. The van der Waals surface area contributed by atoms with Crippen molar-refractivity contribution in [1.29, 1.82) is 0 Å². The van der Waals surface area contributed by atoms with Crippen molar-refractivity contribution in [2.24, 2.45) is 58.2 Å². The van der Waals surface area contributed by atoms with E-state index < -0.39 is 0 Å². The lowest BCUT2D eigenvalue weighted by atomic mass is 9.44. The number of hydrogen-bond donors (Lipinski definition) is 0. The summed E-state index contributed by atoms with van der Waals surface area (Å²) < 4.78 is 0. The fourth-order valence-corrected chi connectivity index (χ4v) is 9.50. The Labute approximate surface area is 177 Å². The minimum Gasteiger partial charge on any atom is -0.0628 e. The van der Waals surface area contributed by atoms with Crippen LogP contribution >= 0.6 is 0 Å². The summed E-state index contributed by atoms with van der Waals surface area (Å²) in [5.41, 5.74) is 1.36. The van der Waals surface area contributed by atoms with Crippen molar-refractivity contribution >= 4 is 0 Å². The molecule has 9 atom stereocenters. The molecule has 4 rings (SSSR count). The Morgan fingerprint density at radius 1 is 0.786 bits per heavy atom. The van der Waals surface area contributed by atoms with Crippen LogP contribution in [-0.2, 0) is 0 Å². The van der Waals surface area contributed by atoms with Crippen LogP contribution in [0.2, 0.25) is 0 Å². The maximum absolute atomic E-state index is 2.75. The van der Waals surface area contributed by atoms with Crippen molar-refractivity contribution in [1.82, 2.24) is 0 Å². The summed E-state index contributed by atoms with van der Waals surface area (Å²) in [6.45, 7) is 15.4. The van der Waals surface area contributed by atoms with Gasteiger partial charge in [-0.15, -0.1) is 0 Å². The highest BCUT2D eigenvalue weighted by molar-refractivity contribution is 5.09. The highest BCUT2D eigenvalue weighted by Gasteiger charge is 2.60. The van der Waals surface area contributed by atoms with Crippen molar-refractivity contribution in [3.8, 4) is 0 Å². The summed E-state index contributed by atoms with van der Waals surface area (Å²) in [7, 11) is 0. The van der Waals surface area contributed by atoms with E-state index in [1.54, 1.807) is 44.9 Å². The molecule has 0 N–H and O–H groups in total. The fourth-order valence-electron chi connectivity index (χ4n) is 9.50. The fraction of sp³-hybridized carbons (Fsp3) is 1.00. The first-order chi connectivity index (χ1) is 13.3. The maximum Gasteiger partial charge on any atom is -0.0264 e. The summed E-state index contributed by atoms with van der Waals surface area (Å²) in [6.07, 6.45) is 18.3. The van der Waals surface area contributed by atoms with Gasteiger partial charge in [-0.05, 0) is 110 Å². The second-order valence-electron chi connectivity index (χ2n) is 13.1. The normalized spacial score (nSPS) is 49.4. The Hall–Kier alpha value is 0. The molecule has 0 aromatic heterocycles. The maximum atomic E-state index is 2.75. The summed E-state index contributed by atoms with van der Waals surface area (Å²) in [5.74, 6) is 8.08. The molecule has 0 aromatic carbocycles. The number of rotatable bonds is 5. The van der Waals surface area contributed by atoms with Gasteiger partial charge in [-0.2, -0.15) is 0 Å². The number of hydrogen-bond acceptors (Lipinski definition) is 0. The van der Waals surface area contributed by atoms with E-state index in [0.717, 1.165) is 47.3 Å². The topological polar surface area (TPSA) is 0 Å². The van der Waals surface area contributed by atoms with Crippen molar-refractivity contribution in [2.45, 2.75) is 119 Å². The average Bonchev–Trinajstić information content (AvgIpc) is 2.99. The molecule has 0 bridgehead atoms. The lowest BCUT2D eigenvalue weighted by Gasteiger charge is -2.61. The van der Waals surface area contributed by atoms with Crippen LogP contribution in [0.5, 0.6) is 0 Å². The second-order valence-corrected chi connectivity index (χ2v) is 13.1. The zero-order valence-corrected chi connectivity index (χ0v) is 20.1. The Morgan fingerprint density at radius 3 is 2.25 bits per heavy atom. The van der Waals surface area contributed by atoms with E-state index in [9.17, 15) is 0 Å². The van der Waals surface area contributed by atoms with Crippen LogP contribution in [0, 0.1) is 58.2 Å². The van der Waals surface area contributed by atoms with Crippen LogP contribution in [0.3, 0.4) is 0 Å². The predicted molar refractivity (Wildman–Crippen MR) is 122 cm³/mol. The Bertz CT molecular complexity index is 534. The van der Waals surface area contributed by atoms with Crippen molar-refractivity contribution < 1.29 is 0 Å². The third-order valence-corrected chi connectivity index (χ3v) is 11.1. The molecule has 4 aliphatic rings. The third kappa shape index (κ3) is 3.51. The predicted octanol–water partition coefficient (Wildman–Crippen LogP) is 8.74. The summed E-state index contributed by atoms with van der Waals surface area (Å²) in [6, 6.07) is 0. The lowest BCUT2D eigenvalue weighted by molar-refractivity contribution is -0.120. The van der Waals surface area contributed by atoms with E-state index in [4.69, 9.17) is 0 Å². The highest BCUT2D eigenvalue weighted by Crippen LogP contribution is 2.68. The van der Waals surface area contributed by atoms with Gasteiger partial charge in [0.15, 0.2) is 0 Å².